The summed E-state index contributed by atoms with van der Waals surface area (Å²) >= 11 is 0. The van der Waals surface area contributed by atoms with E-state index in [-0.39, 0.29) is 0 Å². The highest BCUT2D eigenvalue weighted by molar-refractivity contribution is 5.62. The van der Waals surface area contributed by atoms with Crippen molar-refractivity contribution in [1.82, 2.24) is 14.6 Å². The van der Waals surface area contributed by atoms with Gasteiger partial charge in [0.2, 0.25) is 5.88 Å². The van der Waals surface area contributed by atoms with Gasteiger partial charge < -0.3 is 10.5 Å². The van der Waals surface area contributed by atoms with Crippen molar-refractivity contribution in [3.8, 4) is 17.7 Å². The first kappa shape index (κ1) is 12.0. The first-order valence-corrected chi connectivity index (χ1v) is 5.96. The van der Waals surface area contributed by atoms with E-state index in [9.17, 15) is 0 Å². The fourth-order valence-corrected chi connectivity index (χ4v) is 1.91. The molecule has 3 aromatic rings. The number of hydrogen-bond acceptors (Lipinski definition) is 5. The van der Waals surface area contributed by atoms with Crippen LogP contribution in [0.3, 0.4) is 0 Å². The van der Waals surface area contributed by atoms with Gasteiger partial charge in [-0.25, -0.2) is 9.50 Å². The molecule has 0 aliphatic carbocycles. The number of rotatable bonds is 2. The number of nitrogen functional groups attached to an aromatic ring is 1. The summed E-state index contributed by atoms with van der Waals surface area (Å²) in [4.78, 5) is 4.20. The van der Waals surface area contributed by atoms with Crippen molar-refractivity contribution in [3.63, 3.8) is 0 Å². The summed E-state index contributed by atoms with van der Waals surface area (Å²) in [5.41, 5.74) is 8.38. The molecule has 0 aliphatic heterocycles. The zero-order valence-corrected chi connectivity index (χ0v) is 10.7. The second kappa shape index (κ2) is 4.55. The molecule has 6 nitrogen and oxygen atoms in total. The molecular weight excluding hydrogens is 254 g/mol. The second-order valence-corrected chi connectivity index (χ2v) is 4.31. The number of benzene rings is 1. The molecule has 0 amide bonds. The molecule has 0 saturated carbocycles. The minimum Gasteiger partial charge on any atom is -0.435 e. The Morgan fingerprint density at radius 2 is 2.20 bits per heavy atom. The second-order valence-electron chi connectivity index (χ2n) is 4.31. The van der Waals surface area contributed by atoms with Gasteiger partial charge in [-0.3, -0.25) is 0 Å². The normalized spacial score (nSPS) is 10.4. The van der Waals surface area contributed by atoms with Crippen LogP contribution in [-0.2, 0) is 0 Å². The van der Waals surface area contributed by atoms with E-state index in [2.05, 4.69) is 10.1 Å². The van der Waals surface area contributed by atoms with Crippen LogP contribution in [0.15, 0.2) is 36.7 Å². The fraction of sp³-hybridized carbons (Fsp3) is 0.0714. The monoisotopic (exact) mass is 265 g/mol. The van der Waals surface area contributed by atoms with Crippen molar-refractivity contribution in [3.05, 3.63) is 47.9 Å². The maximum Gasteiger partial charge on any atom is 0.245 e. The lowest BCUT2D eigenvalue weighted by atomic mass is 10.2. The van der Waals surface area contributed by atoms with Gasteiger partial charge in [0.25, 0.3) is 0 Å². The van der Waals surface area contributed by atoms with E-state index in [1.54, 1.807) is 35.1 Å². The number of nitrogens with two attached hydrogens (primary N) is 1. The highest BCUT2D eigenvalue weighted by Crippen LogP contribution is 2.29. The predicted octanol–water partition coefficient (Wildman–Crippen LogP) is 2.28. The van der Waals surface area contributed by atoms with Gasteiger partial charge in [-0.05, 0) is 31.2 Å². The molecule has 98 valence electrons. The molecule has 3 rings (SSSR count). The van der Waals surface area contributed by atoms with Gasteiger partial charge in [0, 0.05) is 12.4 Å². The van der Waals surface area contributed by atoms with Crippen molar-refractivity contribution < 1.29 is 4.74 Å². The average molecular weight is 265 g/mol. The number of anilines is 1. The summed E-state index contributed by atoms with van der Waals surface area (Å²) in [6.45, 7) is 1.90. The van der Waals surface area contributed by atoms with Gasteiger partial charge in [-0.2, -0.15) is 10.4 Å². The third-order valence-corrected chi connectivity index (χ3v) is 2.82. The zero-order chi connectivity index (χ0) is 14.1. The lowest BCUT2D eigenvalue weighted by Crippen LogP contribution is -1.97. The van der Waals surface area contributed by atoms with Crippen molar-refractivity contribution in [2.24, 2.45) is 0 Å². The molecular formula is C14H11N5O. The fourth-order valence-electron chi connectivity index (χ4n) is 1.91. The molecule has 0 fully saturated rings. The van der Waals surface area contributed by atoms with Crippen LogP contribution >= 0.6 is 0 Å². The van der Waals surface area contributed by atoms with Gasteiger partial charge >= 0.3 is 0 Å². The van der Waals surface area contributed by atoms with Crippen LogP contribution in [-0.4, -0.2) is 14.6 Å². The molecule has 0 unspecified atom stereocenters. The van der Waals surface area contributed by atoms with Crippen LogP contribution in [0, 0.1) is 18.3 Å². The van der Waals surface area contributed by atoms with Crippen LogP contribution in [0.1, 0.15) is 11.3 Å². The highest BCUT2D eigenvalue weighted by Gasteiger charge is 2.10. The van der Waals surface area contributed by atoms with E-state index < -0.39 is 0 Å². The number of fused-ring (bicyclic) bond motifs is 1. The number of hydrogen-bond donors (Lipinski definition) is 1. The SMILES string of the molecule is Cc1cc2c(Oc3ccc(C#N)cc3N)nccn2n1. The summed E-state index contributed by atoms with van der Waals surface area (Å²) < 4.78 is 7.42. The molecule has 0 saturated heterocycles. The Labute approximate surface area is 115 Å². The molecule has 0 aliphatic rings. The number of nitriles is 1. The summed E-state index contributed by atoms with van der Waals surface area (Å²) in [6.07, 6.45) is 3.35. The van der Waals surface area contributed by atoms with Crippen molar-refractivity contribution in [2.75, 3.05) is 5.73 Å². The molecule has 0 spiro atoms. The Bertz CT molecular complexity index is 831. The van der Waals surface area contributed by atoms with Gasteiger partial charge in [-0.15, -0.1) is 0 Å². The maximum atomic E-state index is 8.82. The topological polar surface area (TPSA) is 89.2 Å². The molecule has 2 N–H and O–H groups in total. The Morgan fingerprint density at radius 1 is 1.35 bits per heavy atom. The Balaban J connectivity index is 2.03. The quantitative estimate of drug-likeness (QED) is 0.718. The number of aryl methyl sites for hydroxylation is 1. The van der Waals surface area contributed by atoms with E-state index in [1.807, 2.05) is 19.1 Å². The third kappa shape index (κ3) is 2.01. The van der Waals surface area contributed by atoms with Crippen LogP contribution in [0.2, 0.25) is 0 Å². The van der Waals surface area contributed by atoms with E-state index in [0.717, 1.165) is 11.2 Å². The van der Waals surface area contributed by atoms with Gasteiger partial charge in [0.1, 0.15) is 5.52 Å². The molecule has 0 atom stereocenters. The van der Waals surface area contributed by atoms with Crippen LogP contribution in [0.25, 0.3) is 5.52 Å². The lowest BCUT2D eigenvalue weighted by molar-refractivity contribution is 0.467. The van der Waals surface area contributed by atoms with Crippen LogP contribution in [0.5, 0.6) is 11.6 Å². The van der Waals surface area contributed by atoms with E-state index in [1.165, 1.54) is 0 Å². The molecule has 0 bridgehead atoms. The van der Waals surface area contributed by atoms with E-state index in [4.69, 9.17) is 15.7 Å². The summed E-state index contributed by atoms with van der Waals surface area (Å²) in [5.74, 6) is 0.882. The largest absolute Gasteiger partial charge is 0.435 e. The number of nitrogens with zero attached hydrogens (tertiary/aromatic N) is 4. The molecule has 1 aromatic carbocycles. The van der Waals surface area contributed by atoms with Gasteiger partial charge in [0.05, 0.1) is 23.0 Å². The average Bonchev–Trinajstić information content (AvgIpc) is 2.82. The number of aromatic nitrogens is 3. The van der Waals surface area contributed by atoms with Crippen LogP contribution < -0.4 is 10.5 Å². The van der Waals surface area contributed by atoms with E-state index >= 15 is 0 Å². The van der Waals surface area contributed by atoms with Gasteiger partial charge in [-0.1, -0.05) is 0 Å². The van der Waals surface area contributed by atoms with E-state index in [0.29, 0.717) is 22.9 Å². The Kier molecular flexibility index (Phi) is 2.73. The highest BCUT2D eigenvalue weighted by atomic mass is 16.5. The molecule has 0 radical (unpaired) electrons. The minimum absolute atomic E-state index is 0.393. The van der Waals surface area contributed by atoms with Crippen molar-refractivity contribution >= 4 is 11.2 Å². The standard InChI is InChI=1S/C14H11N5O/c1-9-6-12-14(17-4-5-19(12)18-9)20-13-3-2-10(8-15)7-11(13)16/h2-7H,16H2,1H3. The lowest BCUT2D eigenvalue weighted by Gasteiger charge is -2.08. The van der Waals surface area contributed by atoms with Crippen LogP contribution in [0.4, 0.5) is 5.69 Å². The van der Waals surface area contributed by atoms with Gasteiger partial charge in [0.15, 0.2) is 5.75 Å². The zero-order valence-electron chi connectivity index (χ0n) is 10.7. The van der Waals surface area contributed by atoms with Crippen molar-refractivity contribution in [2.45, 2.75) is 6.92 Å². The number of ether oxygens (including phenoxy) is 1. The molecule has 20 heavy (non-hydrogen) atoms. The first-order valence-electron chi connectivity index (χ1n) is 5.96. The molecule has 2 heterocycles. The summed E-state index contributed by atoms with van der Waals surface area (Å²) in [6, 6.07) is 8.77. The third-order valence-electron chi connectivity index (χ3n) is 2.82. The predicted molar refractivity (Wildman–Crippen MR) is 73.4 cm³/mol. The molecule has 6 heteroatoms. The summed E-state index contributed by atoms with van der Waals surface area (Å²) in [7, 11) is 0. The van der Waals surface area contributed by atoms with Crippen molar-refractivity contribution in [1.29, 1.82) is 5.26 Å². The molecule has 2 aromatic heterocycles. The minimum atomic E-state index is 0.393. The maximum absolute atomic E-state index is 8.82. The smallest absolute Gasteiger partial charge is 0.245 e. The Hall–Kier alpha value is -3.07. The first-order chi connectivity index (χ1) is 9.67. The Morgan fingerprint density at radius 3 is 2.95 bits per heavy atom. The summed E-state index contributed by atoms with van der Waals surface area (Å²) in [5, 5.41) is 13.1.